The average molecular weight is 347 g/mol. The largest absolute Gasteiger partial charge is 0.497 e. The van der Waals surface area contributed by atoms with E-state index in [4.69, 9.17) is 4.74 Å². The number of hydrogen-bond donors (Lipinski definition) is 0. The fraction of sp³-hybridized carbons (Fsp3) is 0.136. The van der Waals surface area contributed by atoms with Crippen LogP contribution >= 0.6 is 0 Å². The monoisotopic (exact) mass is 346 g/mol. The number of para-hydroxylation sites is 1. The van der Waals surface area contributed by atoms with E-state index in [1.807, 2.05) is 54.6 Å². The summed E-state index contributed by atoms with van der Waals surface area (Å²) in [6.45, 7) is 4.61. The summed E-state index contributed by atoms with van der Waals surface area (Å²) in [6.07, 6.45) is 0. The predicted molar refractivity (Wildman–Crippen MR) is 106 cm³/mol. The van der Waals surface area contributed by atoms with Gasteiger partial charge in [-0.15, -0.1) is 0 Å². The highest BCUT2D eigenvalue weighted by atomic mass is 28.3. The Morgan fingerprint density at radius 2 is 1.32 bits per heavy atom. The van der Waals surface area contributed by atoms with Crippen molar-refractivity contribution in [3.63, 3.8) is 0 Å². The summed E-state index contributed by atoms with van der Waals surface area (Å²) in [7, 11) is -0.181. The van der Waals surface area contributed by atoms with Gasteiger partial charge in [0.05, 0.1) is 7.11 Å². The molecule has 0 radical (unpaired) electrons. The first kappa shape index (κ1) is 17.2. The van der Waals surface area contributed by atoms with E-state index in [0.717, 1.165) is 16.9 Å². The molecule has 3 heteroatoms. The van der Waals surface area contributed by atoms with Crippen LogP contribution in [-0.2, 0) is 0 Å². The molecule has 0 atom stereocenters. The van der Waals surface area contributed by atoms with Crippen LogP contribution < -0.4 is 15.1 Å². The summed E-state index contributed by atoms with van der Waals surface area (Å²) < 4.78 is 5.55. The maximum absolute atomic E-state index is 12.6. The molecule has 0 heterocycles. The highest BCUT2D eigenvalue weighted by molar-refractivity contribution is 7.00. The molecule has 0 saturated heterocycles. The van der Waals surface area contributed by atoms with Gasteiger partial charge < -0.3 is 4.74 Å². The van der Waals surface area contributed by atoms with Crippen LogP contribution in [0, 0.1) is 0 Å². The second-order valence-corrected chi connectivity index (χ2v) is 11.0. The van der Waals surface area contributed by atoms with Gasteiger partial charge in [-0.05, 0) is 11.3 Å². The predicted octanol–water partition coefficient (Wildman–Crippen LogP) is 3.75. The third-order valence-electron chi connectivity index (χ3n) is 4.69. The Morgan fingerprint density at radius 3 is 1.96 bits per heavy atom. The molecule has 25 heavy (non-hydrogen) atoms. The molecular weight excluding hydrogens is 324 g/mol. The lowest BCUT2D eigenvalue weighted by atomic mass is 10.0. The third-order valence-corrected chi connectivity index (χ3v) is 8.22. The number of carbonyl (C=O) groups excluding carboxylic acids is 1. The normalized spacial score (nSPS) is 11.2. The van der Waals surface area contributed by atoms with E-state index in [0.29, 0.717) is 0 Å². The maximum atomic E-state index is 12.6. The molecule has 0 saturated carbocycles. The van der Waals surface area contributed by atoms with Crippen LogP contribution in [0.15, 0.2) is 78.9 Å². The Hall–Kier alpha value is -2.65. The van der Waals surface area contributed by atoms with Crippen LogP contribution in [0.2, 0.25) is 13.1 Å². The molecule has 0 fully saturated rings. The van der Waals surface area contributed by atoms with Crippen LogP contribution in [0.3, 0.4) is 0 Å². The maximum Gasteiger partial charge on any atom is 0.193 e. The van der Waals surface area contributed by atoms with Gasteiger partial charge in [0.15, 0.2) is 5.78 Å². The van der Waals surface area contributed by atoms with E-state index in [1.165, 1.54) is 10.4 Å². The van der Waals surface area contributed by atoms with Crippen molar-refractivity contribution in [3.05, 3.63) is 90.0 Å². The second kappa shape index (κ2) is 7.07. The van der Waals surface area contributed by atoms with E-state index < -0.39 is 8.07 Å². The Morgan fingerprint density at radius 1 is 0.760 bits per heavy atom. The van der Waals surface area contributed by atoms with Gasteiger partial charge in [0.2, 0.25) is 0 Å². The van der Waals surface area contributed by atoms with Crippen LogP contribution in [0.25, 0.3) is 0 Å². The van der Waals surface area contributed by atoms with Crippen LogP contribution in [0.1, 0.15) is 15.9 Å². The van der Waals surface area contributed by atoms with Crippen LogP contribution in [0.4, 0.5) is 0 Å². The lowest BCUT2D eigenvalue weighted by molar-refractivity contribution is 0.103. The van der Waals surface area contributed by atoms with Crippen molar-refractivity contribution < 1.29 is 9.53 Å². The molecule has 3 aromatic rings. The van der Waals surface area contributed by atoms with E-state index in [-0.39, 0.29) is 5.78 Å². The Bertz CT molecular complexity index is 868. The van der Waals surface area contributed by atoms with Crippen molar-refractivity contribution in [1.29, 1.82) is 0 Å². The lowest BCUT2D eigenvalue weighted by Crippen LogP contribution is -2.53. The number of carbonyl (C=O) groups is 1. The van der Waals surface area contributed by atoms with Gasteiger partial charge in [0, 0.05) is 11.1 Å². The summed E-state index contributed by atoms with van der Waals surface area (Å²) in [4.78, 5) is 12.6. The standard InChI is InChI=1S/C22H22O2Si/c1-24-20-11-7-8-12-21(20)25(2,3)19-15-13-18(14-16-19)22(23)17-9-5-4-6-10-17/h4-16H,1-3H3. The number of ether oxygens (including phenoxy) is 1. The van der Waals surface area contributed by atoms with Gasteiger partial charge in [0.1, 0.15) is 13.8 Å². The van der Waals surface area contributed by atoms with E-state index >= 15 is 0 Å². The summed E-state index contributed by atoms with van der Waals surface area (Å²) in [5.41, 5.74) is 1.44. The van der Waals surface area contributed by atoms with Gasteiger partial charge >= 0.3 is 0 Å². The summed E-state index contributed by atoms with van der Waals surface area (Å²) in [5, 5.41) is 2.54. The van der Waals surface area contributed by atoms with Gasteiger partial charge in [0.25, 0.3) is 0 Å². The Kier molecular flexibility index (Phi) is 4.86. The lowest BCUT2D eigenvalue weighted by Gasteiger charge is -2.25. The molecule has 3 aromatic carbocycles. The molecule has 0 N–H and O–H groups in total. The van der Waals surface area contributed by atoms with Crippen LogP contribution in [-0.4, -0.2) is 21.0 Å². The average Bonchev–Trinajstić information content (AvgIpc) is 2.68. The number of ketones is 1. The van der Waals surface area contributed by atoms with Crippen molar-refractivity contribution >= 4 is 24.2 Å². The van der Waals surface area contributed by atoms with Crippen molar-refractivity contribution in [2.45, 2.75) is 13.1 Å². The number of rotatable bonds is 5. The zero-order valence-corrected chi connectivity index (χ0v) is 15.8. The van der Waals surface area contributed by atoms with Crippen LogP contribution in [0.5, 0.6) is 5.75 Å². The number of benzene rings is 3. The third kappa shape index (κ3) is 3.42. The first-order chi connectivity index (χ1) is 12.0. The number of hydrogen-bond acceptors (Lipinski definition) is 2. The van der Waals surface area contributed by atoms with Crippen molar-refractivity contribution in [1.82, 2.24) is 0 Å². The zero-order valence-electron chi connectivity index (χ0n) is 14.8. The van der Waals surface area contributed by atoms with E-state index in [9.17, 15) is 4.79 Å². The first-order valence-corrected chi connectivity index (χ1v) is 11.4. The molecule has 0 bridgehead atoms. The summed E-state index contributed by atoms with van der Waals surface area (Å²) in [6, 6.07) is 25.7. The second-order valence-electron chi connectivity index (χ2n) is 6.60. The molecule has 0 aromatic heterocycles. The van der Waals surface area contributed by atoms with Gasteiger partial charge in [-0.25, -0.2) is 0 Å². The molecule has 0 amide bonds. The first-order valence-electron chi connectivity index (χ1n) is 8.38. The van der Waals surface area contributed by atoms with Gasteiger partial charge in [-0.3, -0.25) is 4.79 Å². The quantitative estimate of drug-likeness (QED) is 0.519. The van der Waals surface area contributed by atoms with E-state index in [1.54, 1.807) is 7.11 Å². The highest BCUT2D eigenvalue weighted by Gasteiger charge is 2.29. The SMILES string of the molecule is COc1ccccc1[Si](C)(C)c1ccc(C(=O)c2ccccc2)cc1. The Labute approximate surface area is 150 Å². The zero-order chi connectivity index (χ0) is 17.9. The molecule has 0 spiro atoms. The molecule has 3 rings (SSSR count). The Balaban J connectivity index is 1.93. The minimum Gasteiger partial charge on any atom is -0.497 e. The molecule has 0 aliphatic heterocycles. The summed E-state index contributed by atoms with van der Waals surface area (Å²) in [5.74, 6) is 0.993. The topological polar surface area (TPSA) is 26.3 Å². The summed E-state index contributed by atoms with van der Waals surface area (Å²) >= 11 is 0. The molecule has 0 aliphatic carbocycles. The molecule has 126 valence electrons. The fourth-order valence-corrected chi connectivity index (χ4v) is 5.74. The molecular formula is C22H22O2Si. The minimum absolute atomic E-state index is 0.0592. The smallest absolute Gasteiger partial charge is 0.193 e. The minimum atomic E-state index is -1.89. The molecule has 2 nitrogen and oxygen atoms in total. The van der Waals surface area contributed by atoms with Gasteiger partial charge in [-0.1, -0.05) is 91.1 Å². The fourth-order valence-electron chi connectivity index (χ4n) is 3.11. The van der Waals surface area contributed by atoms with Crippen molar-refractivity contribution in [2.75, 3.05) is 7.11 Å². The van der Waals surface area contributed by atoms with E-state index in [2.05, 4.69) is 37.4 Å². The molecule has 0 aliphatic rings. The van der Waals surface area contributed by atoms with Crippen molar-refractivity contribution in [2.24, 2.45) is 0 Å². The van der Waals surface area contributed by atoms with Gasteiger partial charge in [-0.2, -0.15) is 0 Å². The number of methoxy groups -OCH3 is 1. The van der Waals surface area contributed by atoms with Crippen molar-refractivity contribution in [3.8, 4) is 5.75 Å². The molecule has 0 unspecified atom stereocenters. The highest BCUT2D eigenvalue weighted by Crippen LogP contribution is 2.15.